The first kappa shape index (κ1) is 17.3. The van der Waals surface area contributed by atoms with Gasteiger partial charge in [0.25, 0.3) is 5.56 Å². The number of amides is 1. The quantitative estimate of drug-likeness (QED) is 0.539. The third-order valence-electron chi connectivity index (χ3n) is 5.17. The van der Waals surface area contributed by atoms with E-state index in [1.165, 1.54) is 15.6 Å². The van der Waals surface area contributed by atoms with E-state index < -0.39 is 5.82 Å². The van der Waals surface area contributed by atoms with Crippen LogP contribution in [0.25, 0.3) is 10.8 Å². The summed E-state index contributed by atoms with van der Waals surface area (Å²) in [7, 11) is 0. The average Bonchev–Trinajstić information content (AvgIpc) is 3.07. The maximum absolute atomic E-state index is 14.6. The lowest BCUT2D eigenvalue weighted by atomic mass is 10.1. The molecule has 5 nitrogen and oxygen atoms in total. The predicted molar refractivity (Wildman–Crippen MR) is 109 cm³/mol. The van der Waals surface area contributed by atoms with Crippen LogP contribution in [0.5, 0.6) is 0 Å². The molecule has 1 aliphatic heterocycles. The number of benzene rings is 3. The van der Waals surface area contributed by atoms with E-state index in [4.69, 9.17) is 0 Å². The van der Waals surface area contributed by atoms with Crippen LogP contribution in [0.2, 0.25) is 0 Å². The van der Waals surface area contributed by atoms with Gasteiger partial charge in [-0.2, -0.15) is 5.10 Å². The molecule has 0 unspecified atom stereocenters. The van der Waals surface area contributed by atoms with Gasteiger partial charge in [-0.1, -0.05) is 42.5 Å². The second kappa shape index (κ2) is 6.67. The number of rotatable bonds is 3. The Morgan fingerprint density at radius 1 is 0.931 bits per heavy atom. The highest BCUT2D eigenvalue weighted by Gasteiger charge is 2.30. The van der Waals surface area contributed by atoms with Crippen molar-refractivity contribution in [2.24, 2.45) is 0 Å². The molecule has 3 aromatic carbocycles. The molecule has 0 saturated heterocycles. The van der Waals surface area contributed by atoms with Gasteiger partial charge in [-0.25, -0.2) is 9.07 Å². The van der Waals surface area contributed by atoms with E-state index in [9.17, 15) is 14.0 Å². The van der Waals surface area contributed by atoms with Crippen LogP contribution >= 0.6 is 0 Å². The number of para-hydroxylation sites is 1. The maximum atomic E-state index is 14.6. The molecule has 0 radical (unpaired) electrons. The topological polar surface area (TPSA) is 55.2 Å². The highest BCUT2D eigenvalue weighted by Crippen LogP contribution is 2.36. The average molecular weight is 385 g/mol. The van der Waals surface area contributed by atoms with Crippen LogP contribution in [0.3, 0.4) is 0 Å². The van der Waals surface area contributed by atoms with Crippen molar-refractivity contribution in [3.8, 4) is 0 Å². The van der Waals surface area contributed by atoms with E-state index in [-0.39, 0.29) is 30.1 Å². The lowest BCUT2D eigenvalue weighted by Gasteiger charge is -2.19. The first-order valence-corrected chi connectivity index (χ1v) is 9.26. The molecule has 1 aromatic heterocycles. The Bertz CT molecular complexity index is 1330. The molecule has 5 rings (SSSR count). The molecule has 0 N–H and O–H groups in total. The second-order valence-corrected chi connectivity index (χ2v) is 7.02. The Balaban J connectivity index is 1.55. The number of carbonyl (C=O) groups excluding carboxylic acids is 1. The number of nitrogens with zero attached hydrogens (tertiary/aromatic N) is 3. The number of fused-ring (bicyclic) bond motifs is 2. The zero-order valence-corrected chi connectivity index (χ0v) is 15.4. The predicted octanol–water partition coefficient (Wildman–Crippen LogP) is 3.80. The molecule has 0 bridgehead atoms. The summed E-state index contributed by atoms with van der Waals surface area (Å²) in [6.07, 6.45) is 1.88. The highest BCUT2D eigenvalue weighted by atomic mass is 19.1. The van der Waals surface area contributed by atoms with E-state index in [1.807, 2.05) is 36.4 Å². The van der Waals surface area contributed by atoms with Gasteiger partial charge in [0.05, 0.1) is 35.9 Å². The van der Waals surface area contributed by atoms with Crippen molar-refractivity contribution >= 4 is 28.1 Å². The third kappa shape index (κ3) is 2.89. The Morgan fingerprint density at radius 2 is 1.72 bits per heavy atom. The minimum absolute atomic E-state index is 0.178. The number of hydrogen-bond acceptors (Lipinski definition) is 3. The molecular weight excluding hydrogens is 369 g/mol. The smallest absolute Gasteiger partial charge is 0.274 e. The molecule has 0 aliphatic carbocycles. The summed E-state index contributed by atoms with van der Waals surface area (Å²) >= 11 is 0. The monoisotopic (exact) mass is 385 g/mol. The molecule has 1 amide bonds. The Labute approximate surface area is 165 Å². The van der Waals surface area contributed by atoms with Crippen molar-refractivity contribution in [3.05, 3.63) is 100 Å². The van der Waals surface area contributed by atoms with Gasteiger partial charge in [0.1, 0.15) is 5.82 Å². The van der Waals surface area contributed by atoms with Crippen LogP contribution in [-0.2, 0) is 17.8 Å². The normalized spacial score (nSPS) is 13.1. The summed E-state index contributed by atoms with van der Waals surface area (Å²) in [6.45, 7) is 0.181. The molecule has 29 heavy (non-hydrogen) atoms. The third-order valence-corrected chi connectivity index (χ3v) is 5.17. The van der Waals surface area contributed by atoms with E-state index in [1.54, 1.807) is 30.5 Å². The fourth-order valence-corrected chi connectivity index (χ4v) is 3.76. The van der Waals surface area contributed by atoms with Gasteiger partial charge >= 0.3 is 0 Å². The summed E-state index contributed by atoms with van der Waals surface area (Å²) in [5.74, 6) is -0.666. The molecule has 6 heteroatoms. The lowest BCUT2D eigenvalue weighted by Crippen LogP contribution is -2.24. The minimum atomic E-state index is -0.488. The SMILES string of the molecule is O=C1Cc2ccccc2N1c1cc(Cn2ncc3ccccc3c2=O)ccc1F. The Kier molecular flexibility index (Phi) is 3.98. The van der Waals surface area contributed by atoms with Crippen molar-refractivity contribution in [2.75, 3.05) is 4.90 Å². The van der Waals surface area contributed by atoms with Gasteiger partial charge in [-0.05, 0) is 35.4 Å². The van der Waals surface area contributed by atoms with Crippen molar-refractivity contribution in [3.63, 3.8) is 0 Å². The van der Waals surface area contributed by atoms with Crippen LogP contribution < -0.4 is 10.5 Å². The number of carbonyl (C=O) groups is 1. The number of hydrogen-bond donors (Lipinski definition) is 0. The fraction of sp³-hybridized carbons (Fsp3) is 0.0870. The van der Waals surface area contributed by atoms with Crippen molar-refractivity contribution in [2.45, 2.75) is 13.0 Å². The standard InChI is InChI=1S/C23H16FN3O2/c24-19-10-9-15(14-26-23(29)18-7-3-1-6-17(18)13-25-26)11-21(19)27-20-8-4-2-5-16(20)12-22(27)28/h1-11,13H,12,14H2. The Morgan fingerprint density at radius 3 is 2.62 bits per heavy atom. The van der Waals surface area contributed by atoms with Crippen molar-refractivity contribution in [1.29, 1.82) is 0 Å². The molecule has 1 aliphatic rings. The Hall–Kier alpha value is -3.80. The largest absolute Gasteiger partial charge is 0.278 e. The van der Waals surface area contributed by atoms with Crippen LogP contribution in [0.1, 0.15) is 11.1 Å². The zero-order valence-electron chi connectivity index (χ0n) is 15.4. The van der Waals surface area contributed by atoms with Gasteiger partial charge in [0.2, 0.25) is 5.91 Å². The van der Waals surface area contributed by atoms with E-state index in [0.717, 1.165) is 10.9 Å². The molecule has 0 atom stereocenters. The van der Waals surface area contributed by atoms with Gasteiger partial charge < -0.3 is 0 Å². The van der Waals surface area contributed by atoms with E-state index in [2.05, 4.69) is 5.10 Å². The zero-order chi connectivity index (χ0) is 20.0. The van der Waals surface area contributed by atoms with Gasteiger partial charge in [0, 0.05) is 5.39 Å². The lowest BCUT2D eigenvalue weighted by molar-refractivity contribution is -0.116. The maximum Gasteiger partial charge on any atom is 0.274 e. The van der Waals surface area contributed by atoms with E-state index >= 15 is 0 Å². The van der Waals surface area contributed by atoms with E-state index in [0.29, 0.717) is 16.6 Å². The fourth-order valence-electron chi connectivity index (χ4n) is 3.76. The summed E-state index contributed by atoms with van der Waals surface area (Å²) in [6, 6.07) is 19.1. The van der Waals surface area contributed by atoms with Crippen LogP contribution in [0.15, 0.2) is 77.7 Å². The summed E-state index contributed by atoms with van der Waals surface area (Å²) in [5.41, 5.74) is 2.22. The number of halogens is 1. The van der Waals surface area contributed by atoms with Crippen molar-refractivity contribution < 1.29 is 9.18 Å². The summed E-state index contributed by atoms with van der Waals surface area (Å²) in [5, 5.41) is 5.58. The first-order valence-electron chi connectivity index (χ1n) is 9.26. The van der Waals surface area contributed by atoms with Gasteiger partial charge in [-0.15, -0.1) is 0 Å². The van der Waals surface area contributed by atoms with Crippen molar-refractivity contribution in [1.82, 2.24) is 9.78 Å². The molecule has 4 aromatic rings. The van der Waals surface area contributed by atoms with Gasteiger partial charge in [-0.3, -0.25) is 14.5 Å². The minimum Gasteiger partial charge on any atom is -0.278 e. The van der Waals surface area contributed by atoms with Crippen LogP contribution in [0, 0.1) is 5.82 Å². The molecule has 0 saturated carbocycles. The number of anilines is 2. The molecule has 2 heterocycles. The summed E-state index contributed by atoms with van der Waals surface area (Å²) in [4.78, 5) is 26.7. The summed E-state index contributed by atoms with van der Waals surface area (Å²) < 4.78 is 16.0. The molecule has 0 fully saturated rings. The first-order chi connectivity index (χ1) is 14.1. The van der Waals surface area contributed by atoms with Crippen LogP contribution in [-0.4, -0.2) is 15.7 Å². The van der Waals surface area contributed by atoms with Crippen LogP contribution in [0.4, 0.5) is 15.8 Å². The highest BCUT2D eigenvalue weighted by molar-refractivity contribution is 6.07. The number of aromatic nitrogens is 2. The van der Waals surface area contributed by atoms with Gasteiger partial charge in [0.15, 0.2) is 0 Å². The molecular formula is C23H16FN3O2. The molecule has 0 spiro atoms. The molecule has 142 valence electrons. The second-order valence-electron chi connectivity index (χ2n) is 7.02.